The Morgan fingerprint density at radius 1 is 1.67 bits per heavy atom. The van der Waals surface area contributed by atoms with Crippen LogP contribution in [-0.4, -0.2) is 28.5 Å². The van der Waals surface area contributed by atoms with Crippen molar-refractivity contribution in [2.75, 3.05) is 18.4 Å². The molecule has 0 aliphatic rings. The highest BCUT2D eigenvalue weighted by Gasteiger charge is 2.14. The highest BCUT2D eigenvalue weighted by Crippen LogP contribution is 2.19. The van der Waals surface area contributed by atoms with Gasteiger partial charge < -0.3 is 15.2 Å². The minimum atomic E-state index is -0.256. The number of rotatable bonds is 5. The summed E-state index contributed by atoms with van der Waals surface area (Å²) in [6.45, 7) is 2.56. The number of imidazole rings is 1. The van der Waals surface area contributed by atoms with Crippen LogP contribution < -0.4 is 10.6 Å². The monoisotopic (exact) mass is 265 g/mol. The molecule has 1 amide bonds. The van der Waals surface area contributed by atoms with E-state index >= 15 is 0 Å². The Morgan fingerprint density at radius 3 is 2.94 bits per heavy atom. The highest BCUT2D eigenvalue weighted by molar-refractivity contribution is 6.30. The number of halogens is 1. The molecule has 1 rings (SSSR count). The average Bonchev–Trinajstić information content (AvgIpc) is 2.68. The minimum Gasteiger partial charge on any atom is -0.347 e. The van der Waals surface area contributed by atoms with Crippen LogP contribution in [0.3, 0.4) is 0 Å². The van der Waals surface area contributed by atoms with Gasteiger partial charge >= 0.3 is 0 Å². The van der Waals surface area contributed by atoms with Crippen molar-refractivity contribution in [1.29, 1.82) is 5.26 Å². The Kier molecular flexibility index (Phi) is 5.04. The number of nitrogens with zero attached hydrogens (tertiary/aromatic N) is 3. The van der Waals surface area contributed by atoms with Crippen molar-refractivity contribution in [3.8, 4) is 18.4 Å². The number of aromatic nitrogens is 2. The Hall–Kier alpha value is -2.18. The van der Waals surface area contributed by atoms with Crippen LogP contribution >= 0.6 is 11.6 Å². The molecular weight excluding hydrogens is 254 g/mol. The Labute approximate surface area is 110 Å². The molecule has 0 fully saturated rings. The van der Waals surface area contributed by atoms with E-state index < -0.39 is 0 Å². The maximum Gasteiger partial charge on any atom is 0.240 e. The molecule has 0 radical (unpaired) electrons. The van der Waals surface area contributed by atoms with Crippen LogP contribution in [0.5, 0.6) is 0 Å². The molecule has 0 saturated heterocycles. The number of carbonyl (C=O) groups is 1. The number of carbonyl (C=O) groups excluding carboxylic acids is 1. The average molecular weight is 266 g/mol. The molecule has 0 aromatic carbocycles. The molecule has 0 atom stereocenters. The van der Waals surface area contributed by atoms with Crippen LogP contribution in [-0.2, 0) is 11.3 Å². The van der Waals surface area contributed by atoms with E-state index in [4.69, 9.17) is 23.3 Å². The molecule has 1 heterocycles. The molecule has 0 unspecified atom stereocenters. The number of hydrogen-bond acceptors (Lipinski definition) is 4. The highest BCUT2D eigenvalue weighted by atomic mass is 35.5. The summed E-state index contributed by atoms with van der Waals surface area (Å²) in [7, 11) is 0. The quantitative estimate of drug-likeness (QED) is 0.764. The van der Waals surface area contributed by atoms with Crippen LogP contribution in [0.15, 0.2) is 0 Å². The zero-order valence-corrected chi connectivity index (χ0v) is 10.6. The van der Waals surface area contributed by atoms with Crippen molar-refractivity contribution in [3.63, 3.8) is 0 Å². The summed E-state index contributed by atoms with van der Waals surface area (Å²) in [4.78, 5) is 15.3. The van der Waals surface area contributed by atoms with Gasteiger partial charge in [0.25, 0.3) is 0 Å². The SMILES string of the molecule is C#CCNC(=O)CNc1nc(Cl)c(C#N)n1CC. The third-order valence-electron chi connectivity index (χ3n) is 2.14. The van der Waals surface area contributed by atoms with Gasteiger partial charge in [0.2, 0.25) is 11.9 Å². The number of nitrogens with one attached hydrogen (secondary N) is 2. The fraction of sp³-hybridized carbons (Fsp3) is 0.364. The van der Waals surface area contributed by atoms with Crippen LogP contribution in [0.4, 0.5) is 5.95 Å². The van der Waals surface area contributed by atoms with Gasteiger partial charge in [-0.1, -0.05) is 17.5 Å². The first-order valence-corrected chi connectivity index (χ1v) is 5.62. The summed E-state index contributed by atoms with van der Waals surface area (Å²) in [5, 5.41) is 14.3. The number of hydrogen-bond donors (Lipinski definition) is 2. The molecule has 94 valence electrons. The summed E-state index contributed by atoms with van der Waals surface area (Å²) >= 11 is 5.81. The molecule has 7 heteroatoms. The van der Waals surface area contributed by atoms with E-state index in [0.29, 0.717) is 12.5 Å². The second-order valence-corrected chi connectivity index (χ2v) is 3.62. The summed E-state index contributed by atoms with van der Waals surface area (Å²) in [5.41, 5.74) is 0.269. The van der Waals surface area contributed by atoms with Gasteiger partial charge in [-0.15, -0.1) is 6.42 Å². The Bertz CT molecular complexity index is 523. The zero-order valence-electron chi connectivity index (χ0n) is 9.83. The topological polar surface area (TPSA) is 82.7 Å². The van der Waals surface area contributed by atoms with E-state index in [9.17, 15) is 4.79 Å². The zero-order chi connectivity index (χ0) is 13.5. The van der Waals surface area contributed by atoms with Crippen LogP contribution in [0.2, 0.25) is 5.15 Å². The number of nitriles is 1. The molecule has 0 bridgehead atoms. The van der Waals surface area contributed by atoms with Crippen LogP contribution in [0.25, 0.3) is 0 Å². The molecule has 1 aromatic rings. The maximum atomic E-state index is 11.3. The van der Waals surface area contributed by atoms with E-state index in [1.807, 2.05) is 13.0 Å². The standard InChI is InChI=1S/C11H12ClN5O/c1-3-5-14-9(18)7-15-11-16-10(12)8(6-13)17(11)4-2/h1H,4-5,7H2,2H3,(H,14,18)(H,15,16). The Balaban J connectivity index is 2.72. The molecule has 6 nitrogen and oxygen atoms in total. The van der Waals surface area contributed by atoms with Crippen molar-refractivity contribution in [3.05, 3.63) is 10.8 Å². The second kappa shape index (κ2) is 6.53. The van der Waals surface area contributed by atoms with Gasteiger partial charge in [0, 0.05) is 6.54 Å². The van der Waals surface area contributed by atoms with Gasteiger partial charge in [0.1, 0.15) is 6.07 Å². The van der Waals surface area contributed by atoms with Crippen molar-refractivity contribution >= 4 is 23.5 Å². The molecule has 18 heavy (non-hydrogen) atoms. The smallest absolute Gasteiger partial charge is 0.240 e. The lowest BCUT2D eigenvalue weighted by Crippen LogP contribution is -2.30. The van der Waals surface area contributed by atoms with Crippen molar-refractivity contribution < 1.29 is 4.79 Å². The lowest BCUT2D eigenvalue weighted by atomic mass is 10.5. The van der Waals surface area contributed by atoms with Gasteiger partial charge in [0.05, 0.1) is 13.1 Å². The number of amides is 1. The third kappa shape index (κ3) is 3.16. The largest absolute Gasteiger partial charge is 0.347 e. The number of anilines is 1. The van der Waals surface area contributed by atoms with Gasteiger partial charge in [0.15, 0.2) is 10.8 Å². The molecule has 0 aliphatic carbocycles. The molecular formula is C11H12ClN5O. The predicted molar refractivity (Wildman–Crippen MR) is 68.0 cm³/mol. The fourth-order valence-corrected chi connectivity index (χ4v) is 1.57. The number of terminal acetylenes is 1. The van der Waals surface area contributed by atoms with E-state index in [1.54, 1.807) is 4.57 Å². The van der Waals surface area contributed by atoms with Gasteiger partial charge in [-0.25, -0.2) is 0 Å². The molecule has 0 spiro atoms. The van der Waals surface area contributed by atoms with Crippen molar-refractivity contribution in [1.82, 2.24) is 14.9 Å². The summed E-state index contributed by atoms with van der Waals surface area (Å²) < 4.78 is 1.59. The van der Waals surface area contributed by atoms with Gasteiger partial charge in [-0.05, 0) is 6.92 Å². The summed E-state index contributed by atoms with van der Waals surface area (Å²) in [5.74, 6) is 2.42. The molecule has 0 saturated carbocycles. The Morgan fingerprint density at radius 2 is 2.39 bits per heavy atom. The maximum absolute atomic E-state index is 11.3. The lowest BCUT2D eigenvalue weighted by Gasteiger charge is -2.07. The van der Waals surface area contributed by atoms with E-state index in [1.165, 1.54) is 0 Å². The lowest BCUT2D eigenvalue weighted by molar-refractivity contribution is -0.119. The first-order valence-electron chi connectivity index (χ1n) is 5.24. The predicted octanol–water partition coefficient (Wildman–Crippen LogP) is 0.589. The summed E-state index contributed by atoms with van der Waals surface area (Å²) in [6, 6.07) is 1.96. The fourth-order valence-electron chi connectivity index (χ4n) is 1.34. The van der Waals surface area contributed by atoms with E-state index in [-0.39, 0.29) is 29.8 Å². The summed E-state index contributed by atoms with van der Waals surface area (Å²) in [6.07, 6.45) is 5.02. The van der Waals surface area contributed by atoms with Crippen molar-refractivity contribution in [2.24, 2.45) is 0 Å². The van der Waals surface area contributed by atoms with E-state index in [2.05, 4.69) is 21.5 Å². The first kappa shape index (κ1) is 13.9. The van der Waals surface area contributed by atoms with E-state index in [0.717, 1.165) is 0 Å². The second-order valence-electron chi connectivity index (χ2n) is 3.27. The first-order chi connectivity index (χ1) is 8.63. The van der Waals surface area contributed by atoms with Gasteiger partial charge in [-0.3, -0.25) is 4.79 Å². The molecule has 0 aliphatic heterocycles. The van der Waals surface area contributed by atoms with Crippen molar-refractivity contribution in [2.45, 2.75) is 13.5 Å². The van der Waals surface area contributed by atoms with Gasteiger partial charge in [-0.2, -0.15) is 10.2 Å². The minimum absolute atomic E-state index is 0.0138. The van der Waals surface area contributed by atoms with Crippen LogP contribution in [0.1, 0.15) is 12.6 Å². The molecule has 1 aromatic heterocycles. The molecule has 2 N–H and O–H groups in total. The third-order valence-corrected chi connectivity index (χ3v) is 2.41. The normalized spacial score (nSPS) is 9.33. The van der Waals surface area contributed by atoms with Crippen LogP contribution in [0, 0.1) is 23.7 Å².